The Morgan fingerprint density at radius 3 is 1.14 bits per heavy atom. The van der Waals surface area contributed by atoms with E-state index < -0.39 is 5.41 Å². The highest BCUT2D eigenvalue weighted by atomic mass is 15.2. The zero-order chi connectivity index (χ0) is 49.0. The maximum Gasteiger partial charge on any atom is 0.164 e. The minimum atomic E-state index is -0.530. The van der Waals surface area contributed by atoms with Crippen LogP contribution in [0.4, 0.5) is 17.1 Å². The van der Waals surface area contributed by atoms with E-state index in [2.05, 4.69) is 272 Å². The van der Waals surface area contributed by atoms with Gasteiger partial charge in [0.15, 0.2) is 17.5 Å². The van der Waals surface area contributed by atoms with E-state index in [9.17, 15) is 0 Å². The SMILES string of the molecule is c1ccc(-c2cccc(-c3nc(-c4ccc(-c5cccc(-c6ccc7c(c6)C6(c8ccccc8-7)c7ccccc7N(c7ccccc7)c7ccccc76)c5)cc4)nc(-c4cccc(-c5ccccc5)c4)n3)c2)cc1. The molecule has 0 fully saturated rings. The summed E-state index contributed by atoms with van der Waals surface area (Å²) >= 11 is 0. The van der Waals surface area contributed by atoms with Crippen molar-refractivity contribution < 1.29 is 0 Å². The van der Waals surface area contributed by atoms with E-state index in [1.54, 1.807) is 0 Å². The fourth-order valence-electron chi connectivity index (χ4n) is 11.5. The lowest BCUT2D eigenvalue weighted by Crippen LogP contribution is -2.36. The maximum absolute atomic E-state index is 5.17. The molecule has 4 nitrogen and oxygen atoms in total. The van der Waals surface area contributed by atoms with Crippen LogP contribution in [-0.4, -0.2) is 15.0 Å². The van der Waals surface area contributed by atoms with Gasteiger partial charge in [-0.25, -0.2) is 15.0 Å². The summed E-state index contributed by atoms with van der Waals surface area (Å²) in [7, 11) is 0. The van der Waals surface area contributed by atoms with Gasteiger partial charge in [0.2, 0.25) is 0 Å². The van der Waals surface area contributed by atoms with Crippen LogP contribution in [0.2, 0.25) is 0 Å². The second-order valence-corrected chi connectivity index (χ2v) is 19.1. The molecule has 0 unspecified atom stereocenters. The summed E-state index contributed by atoms with van der Waals surface area (Å²) in [5.74, 6) is 1.86. The number of para-hydroxylation sites is 3. The monoisotopic (exact) mass is 942 g/mol. The highest BCUT2D eigenvalue weighted by Crippen LogP contribution is 2.63. The topological polar surface area (TPSA) is 41.9 Å². The number of aromatic nitrogens is 3. The molecular weight excluding hydrogens is 897 g/mol. The summed E-state index contributed by atoms with van der Waals surface area (Å²) in [6.45, 7) is 0. The van der Waals surface area contributed by atoms with E-state index >= 15 is 0 Å². The molecule has 0 atom stereocenters. The van der Waals surface area contributed by atoms with E-state index in [1.807, 2.05) is 12.1 Å². The standard InChI is InChI=1S/C70H46N4/c1-4-19-47(20-5-1)52-24-17-27-56(44-52)68-71-67(72-69(73-68)57-28-18-25-53(45-57)48-21-6-2-7-22-48)50-39-37-49(38-40-50)51-23-16-26-54(43-51)55-41-42-60-59-31-10-11-32-61(59)70(64(60)46-55)62-33-12-14-35-65(62)74(58-29-8-3-9-30-58)66-36-15-13-34-63(66)70/h1-46H. The van der Waals surface area contributed by atoms with Crippen LogP contribution in [0.5, 0.6) is 0 Å². The molecule has 2 aliphatic rings. The van der Waals surface area contributed by atoms with Crippen LogP contribution in [0, 0.1) is 0 Å². The van der Waals surface area contributed by atoms with Crippen molar-refractivity contribution >= 4 is 17.1 Å². The number of nitrogens with zero attached hydrogens (tertiary/aromatic N) is 4. The quantitative estimate of drug-likeness (QED) is 0.152. The number of benzene rings is 11. The Bertz CT molecular complexity index is 3920. The van der Waals surface area contributed by atoms with Gasteiger partial charge in [0.25, 0.3) is 0 Å². The molecule has 1 aliphatic heterocycles. The van der Waals surface area contributed by atoms with Gasteiger partial charge < -0.3 is 4.90 Å². The minimum Gasteiger partial charge on any atom is -0.310 e. The van der Waals surface area contributed by atoms with Crippen LogP contribution in [0.1, 0.15) is 22.3 Å². The van der Waals surface area contributed by atoms with Crippen LogP contribution in [-0.2, 0) is 5.41 Å². The molecule has 4 heteroatoms. The maximum atomic E-state index is 5.17. The van der Waals surface area contributed by atoms with E-state index in [4.69, 9.17) is 15.0 Å². The third-order valence-corrected chi connectivity index (χ3v) is 14.9. The molecule has 74 heavy (non-hydrogen) atoms. The Kier molecular flexibility index (Phi) is 10.4. The third-order valence-electron chi connectivity index (χ3n) is 14.9. The summed E-state index contributed by atoms with van der Waals surface area (Å²) in [5.41, 5.74) is 22.5. The Morgan fingerprint density at radius 2 is 0.581 bits per heavy atom. The predicted octanol–water partition coefficient (Wildman–Crippen LogP) is 17.7. The molecule has 1 aromatic heterocycles. The molecule has 0 radical (unpaired) electrons. The minimum absolute atomic E-state index is 0.530. The zero-order valence-corrected chi connectivity index (χ0v) is 40.3. The Labute approximate surface area is 431 Å². The molecule has 346 valence electrons. The van der Waals surface area contributed by atoms with Gasteiger partial charge in [-0.3, -0.25) is 0 Å². The molecule has 0 bridgehead atoms. The lowest BCUT2D eigenvalue weighted by molar-refractivity contribution is 0.753. The fourth-order valence-corrected chi connectivity index (χ4v) is 11.5. The lowest BCUT2D eigenvalue weighted by atomic mass is 9.64. The van der Waals surface area contributed by atoms with E-state index in [-0.39, 0.29) is 0 Å². The van der Waals surface area contributed by atoms with E-state index in [0.29, 0.717) is 17.5 Å². The molecule has 1 aliphatic carbocycles. The molecule has 12 aromatic rings. The van der Waals surface area contributed by atoms with Gasteiger partial charge in [-0.2, -0.15) is 0 Å². The highest BCUT2D eigenvalue weighted by molar-refractivity contribution is 5.97. The van der Waals surface area contributed by atoms with Crippen molar-refractivity contribution in [2.45, 2.75) is 5.41 Å². The summed E-state index contributed by atoms with van der Waals surface area (Å²) in [5, 5.41) is 0. The molecule has 0 amide bonds. The Morgan fingerprint density at radius 1 is 0.230 bits per heavy atom. The first kappa shape index (κ1) is 43.1. The molecule has 14 rings (SSSR count). The van der Waals surface area contributed by atoms with Crippen LogP contribution < -0.4 is 4.90 Å². The fraction of sp³-hybridized carbons (Fsp3) is 0.0143. The van der Waals surface area contributed by atoms with Gasteiger partial charge in [-0.05, 0) is 126 Å². The van der Waals surface area contributed by atoms with Crippen LogP contribution in [0.3, 0.4) is 0 Å². The zero-order valence-electron chi connectivity index (χ0n) is 40.3. The van der Waals surface area contributed by atoms with Gasteiger partial charge in [0.05, 0.1) is 16.8 Å². The predicted molar refractivity (Wildman–Crippen MR) is 303 cm³/mol. The number of fused-ring (bicyclic) bond motifs is 9. The number of hydrogen-bond acceptors (Lipinski definition) is 4. The molecule has 2 heterocycles. The van der Waals surface area contributed by atoms with Gasteiger partial charge >= 0.3 is 0 Å². The van der Waals surface area contributed by atoms with Crippen LogP contribution in [0.25, 0.3) is 89.8 Å². The molecular formula is C70H46N4. The van der Waals surface area contributed by atoms with Crippen molar-refractivity contribution in [3.05, 3.63) is 301 Å². The second kappa shape index (κ2) is 17.8. The van der Waals surface area contributed by atoms with Gasteiger partial charge in [0, 0.05) is 22.4 Å². The van der Waals surface area contributed by atoms with E-state index in [0.717, 1.165) is 61.3 Å². The normalized spacial score (nSPS) is 12.7. The van der Waals surface area contributed by atoms with Crippen molar-refractivity contribution in [2.75, 3.05) is 4.90 Å². The van der Waals surface area contributed by atoms with Crippen molar-refractivity contribution in [3.8, 4) is 89.8 Å². The summed E-state index contributed by atoms with van der Waals surface area (Å²) in [6, 6.07) is 100. The summed E-state index contributed by atoms with van der Waals surface area (Å²) in [6.07, 6.45) is 0. The average molecular weight is 943 g/mol. The largest absolute Gasteiger partial charge is 0.310 e. The second-order valence-electron chi connectivity index (χ2n) is 19.1. The lowest BCUT2D eigenvalue weighted by Gasteiger charge is -2.45. The Hall–Kier alpha value is -9.77. The summed E-state index contributed by atoms with van der Waals surface area (Å²) < 4.78 is 0. The van der Waals surface area contributed by atoms with Gasteiger partial charge in [-0.15, -0.1) is 0 Å². The Balaban J connectivity index is 0.849. The molecule has 0 saturated carbocycles. The number of rotatable bonds is 8. The van der Waals surface area contributed by atoms with Gasteiger partial charge in [0.1, 0.15) is 0 Å². The third kappa shape index (κ3) is 7.18. The van der Waals surface area contributed by atoms with Crippen molar-refractivity contribution in [1.82, 2.24) is 15.0 Å². The number of anilines is 3. The first-order chi connectivity index (χ1) is 36.7. The van der Waals surface area contributed by atoms with Crippen molar-refractivity contribution in [3.63, 3.8) is 0 Å². The van der Waals surface area contributed by atoms with Crippen molar-refractivity contribution in [2.24, 2.45) is 0 Å². The smallest absolute Gasteiger partial charge is 0.164 e. The molecule has 11 aromatic carbocycles. The van der Waals surface area contributed by atoms with E-state index in [1.165, 1.54) is 50.3 Å². The highest BCUT2D eigenvalue weighted by Gasteiger charge is 2.51. The van der Waals surface area contributed by atoms with Crippen LogP contribution in [0.15, 0.2) is 279 Å². The molecule has 1 spiro atoms. The van der Waals surface area contributed by atoms with Gasteiger partial charge in [-0.1, -0.05) is 231 Å². The average Bonchev–Trinajstić information content (AvgIpc) is 3.78. The molecule has 0 saturated heterocycles. The number of hydrogen-bond donors (Lipinski definition) is 0. The van der Waals surface area contributed by atoms with Crippen LogP contribution >= 0.6 is 0 Å². The summed E-state index contributed by atoms with van der Waals surface area (Å²) in [4.78, 5) is 17.9. The first-order valence-electron chi connectivity index (χ1n) is 25.3. The molecule has 0 N–H and O–H groups in total. The first-order valence-corrected chi connectivity index (χ1v) is 25.3. The van der Waals surface area contributed by atoms with Crippen molar-refractivity contribution in [1.29, 1.82) is 0 Å².